The topological polar surface area (TPSA) is 134 Å². The molecule has 11 heteroatoms. The van der Waals surface area contributed by atoms with Crippen molar-refractivity contribution in [1.29, 1.82) is 0 Å². The van der Waals surface area contributed by atoms with Gasteiger partial charge in [0.15, 0.2) is 5.11 Å². The summed E-state index contributed by atoms with van der Waals surface area (Å²) in [5.41, 5.74) is 0.753. The third-order valence-corrected chi connectivity index (χ3v) is 4.58. The molecule has 0 saturated carbocycles. The molecule has 2 aromatic carbocycles. The molecule has 0 atom stereocenters. The van der Waals surface area contributed by atoms with Crippen LogP contribution in [0, 0.1) is 10.1 Å². The molecule has 10 nitrogen and oxygen atoms in total. The minimum Gasteiger partial charge on any atom is -0.478 e. The van der Waals surface area contributed by atoms with Gasteiger partial charge in [0.05, 0.1) is 23.7 Å². The molecule has 1 fully saturated rings. The summed E-state index contributed by atoms with van der Waals surface area (Å²) >= 11 is 5.09. The number of carbonyl (C=O) groups excluding carboxylic acids is 1. The van der Waals surface area contributed by atoms with Crippen LogP contribution in [0.15, 0.2) is 42.5 Å². The van der Waals surface area contributed by atoms with E-state index in [9.17, 15) is 19.7 Å². The van der Waals surface area contributed by atoms with Crippen molar-refractivity contribution in [3.63, 3.8) is 0 Å². The number of hydrogen-bond acceptors (Lipinski definition) is 7. The van der Waals surface area contributed by atoms with Gasteiger partial charge in [-0.1, -0.05) is 6.07 Å². The van der Waals surface area contributed by atoms with E-state index in [1.807, 2.05) is 4.90 Å². The number of nitrogens with one attached hydrogen (secondary N) is 2. The van der Waals surface area contributed by atoms with E-state index in [0.29, 0.717) is 37.7 Å². The minimum atomic E-state index is -1.10. The van der Waals surface area contributed by atoms with Crippen molar-refractivity contribution >= 4 is 46.3 Å². The van der Waals surface area contributed by atoms with Gasteiger partial charge in [-0.3, -0.25) is 20.2 Å². The number of carboxylic acid groups (broad SMARTS) is 1. The van der Waals surface area contributed by atoms with Crippen molar-refractivity contribution in [3.8, 4) is 0 Å². The second kappa shape index (κ2) is 9.29. The Morgan fingerprint density at radius 1 is 1.13 bits per heavy atom. The van der Waals surface area contributed by atoms with E-state index in [4.69, 9.17) is 22.1 Å². The average Bonchev–Trinajstić information content (AvgIpc) is 2.74. The standard InChI is InChI=1S/C19H18N4O6S/c24-17(21-19(30)20-14-3-1-2-13(10-14)18(25)26)12-4-5-15(16(11-12)23(27)28)22-6-8-29-9-7-22/h1-5,10-11H,6-9H2,(H,25,26)(H2,20,21,24,30). The molecule has 1 aliphatic heterocycles. The number of hydrogen-bond donors (Lipinski definition) is 3. The molecular weight excluding hydrogens is 412 g/mol. The van der Waals surface area contributed by atoms with Crippen molar-refractivity contribution in [2.24, 2.45) is 0 Å². The fourth-order valence-electron chi connectivity index (χ4n) is 2.95. The van der Waals surface area contributed by atoms with Gasteiger partial charge in [0.1, 0.15) is 5.69 Å². The predicted octanol–water partition coefficient (Wildman–Crippen LogP) is 2.26. The van der Waals surface area contributed by atoms with Gasteiger partial charge in [-0.25, -0.2) is 4.79 Å². The molecule has 30 heavy (non-hydrogen) atoms. The number of morpholine rings is 1. The first-order chi connectivity index (χ1) is 14.3. The van der Waals surface area contributed by atoms with Crippen LogP contribution in [0.3, 0.4) is 0 Å². The van der Waals surface area contributed by atoms with E-state index in [1.54, 1.807) is 6.07 Å². The van der Waals surface area contributed by atoms with Crippen LogP contribution in [0.25, 0.3) is 0 Å². The number of benzene rings is 2. The normalized spacial score (nSPS) is 13.4. The van der Waals surface area contributed by atoms with Crippen LogP contribution in [0.4, 0.5) is 17.1 Å². The fourth-order valence-corrected chi connectivity index (χ4v) is 3.16. The van der Waals surface area contributed by atoms with Crippen LogP contribution < -0.4 is 15.5 Å². The Morgan fingerprint density at radius 2 is 1.87 bits per heavy atom. The first-order valence-corrected chi connectivity index (χ1v) is 9.33. The number of nitrogens with zero attached hydrogens (tertiary/aromatic N) is 2. The lowest BCUT2D eigenvalue weighted by atomic mass is 10.1. The molecule has 0 radical (unpaired) electrons. The van der Waals surface area contributed by atoms with Gasteiger partial charge in [-0.15, -0.1) is 0 Å². The van der Waals surface area contributed by atoms with E-state index < -0.39 is 16.8 Å². The number of anilines is 2. The maximum absolute atomic E-state index is 12.5. The zero-order chi connectivity index (χ0) is 21.7. The summed E-state index contributed by atoms with van der Waals surface area (Å²) in [6, 6.07) is 10.1. The number of nitro groups is 1. The molecule has 0 spiro atoms. The third-order valence-electron chi connectivity index (χ3n) is 4.38. The number of aromatic carboxylic acids is 1. The summed E-state index contributed by atoms with van der Waals surface area (Å²) in [4.78, 5) is 36.4. The largest absolute Gasteiger partial charge is 0.478 e. The summed E-state index contributed by atoms with van der Waals surface area (Å²) in [6.07, 6.45) is 0. The zero-order valence-corrected chi connectivity index (χ0v) is 16.5. The highest BCUT2D eigenvalue weighted by atomic mass is 32.1. The van der Waals surface area contributed by atoms with Gasteiger partial charge >= 0.3 is 5.97 Å². The third kappa shape index (κ3) is 5.07. The van der Waals surface area contributed by atoms with E-state index in [2.05, 4.69) is 10.6 Å². The van der Waals surface area contributed by atoms with Crippen molar-refractivity contribution in [1.82, 2.24) is 5.32 Å². The van der Waals surface area contributed by atoms with Crippen LogP contribution in [0.2, 0.25) is 0 Å². The van der Waals surface area contributed by atoms with Gasteiger partial charge in [0.2, 0.25) is 0 Å². The van der Waals surface area contributed by atoms with Gasteiger partial charge in [0.25, 0.3) is 11.6 Å². The van der Waals surface area contributed by atoms with Crippen LogP contribution in [-0.2, 0) is 4.74 Å². The fraction of sp³-hybridized carbons (Fsp3) is 0.211. The highest BCUT2D eigenvalue weighted by molar-refractivity contribution is 7.80. The molecule has 1 amide bonds. The summed E-state index contributed by atoms with van der Waals surface area (Å²) in [5, 5.41) is 25.6. The number of nitro benzene ring substituents is 1. The lowest BCUT2D eigenvalue weighted by Crippen LogP contribution is -2.37. The van der Waals surface area contributed by atoms with Gasteiger partial charge in [-0.05, 0) is 42.5 Å². The van der Waals surface area contributed by atoms with Gasteiger partial charge < -0.3 is 20.1 Å². The molecule has 1 heterocycles. The van der Waals surface area contributed by atoms with Crippen LogP contribution >= 0.6 is 12.2 Å². The van der Waals surface area contributed by atoms with Crippen LogP contribution in [-0.4, -0.2) is 53.3 Å². The van der Waals surface area contributed by atoms with E-state index in [1.165, 1.54) is 36.4 Å². The quantitative estimate of drug-likeness (QED) is 0.371. The minimum absolute atomic E-state index is 0.0588. The van der Waals surface area contributed by atoms with Crippen molar-refractivity contribution < 1.29 is 24.4 Å². The SMILES string of the molecule is O=C(O)c1cccc(NC(=S)NC(=O)c2ccc(N3CCOCC3)c([N+](=O)[O-])c2)c1. The van der Waals surface area contributed by atoms with Crippen molar-refractivity contribution in [3.05, 3.63) is 63.7 Å². The molecule has 0 unspecified atom stereocenters. The smallest absolute Gasteiger partial charge is 0.335 e. The molecule has 1 saturated heterocycles. The molecule has 2 aromatic rings. The molecule has 0 aromatic heterocycles. The molecule has 156 valence electrons. The highest BCUT2D eigenvalue weighted by Crippen LogP contribution is 2.30. The van der Waals surface area contributed by atoms with E-state index in [0.717, 1.165) is 0 Å². The summed E-state index contributed by atoms with van der Waals surface area (Å²) < 4.78 is 5.27. The number of carbonyl (C=O) groups is 2. The Kier molecular flexibility index (Phi) is 6.54. The highest BCUT2D eigenvalue weighted by Gasteiger charge is 2.23. The Hall–Kier alpha value is -3.57. The molecular formula is C19H18N4O6S. The Morgan fingerprint density at radius 3 is 2.53 bits per heavy atom. The lowest BCUT2D eigenvalue weighted by Gasteiger charge is -2.28. The summed E-state index contributed by atoms with van der Waals surface area (Å²) in [6.45, 7) is 2.00. The zero-order valence-electron chi connectivity index (χ0n) is 15.7. The number of carboxylic acids is 1. The van der Waals surface area contributed by atoms with E-state index >= 15 is 0 Å². The molecule has 0 aliphatic carbocycles. The van der Waals surface area contributed by atoms with Gasteiger partial charge in [-0.2, -0.15) is 0 Å². The van der Waals surface area contributed by atoms with Gasteiger partial charge in [0, 0.05) is 30.4 Å². The number of thiocarbonyl (C=S) groups is 1. The second-order valence-corrected chi connectivity index (χ2v) is 6.76. The maximum Gasteiger partial charge on any atom is 0.335 e. The van der Waals surface area contributed by atoms with Crippen LogP contribution in [0.5, 0.6) is 0 Å². The summed E-state index contributed by atoms with van der Waals surface area (Å²) in [7, 11) is 0. The van der Waals surface area contributed by atoms with Crippen LogP contribution in [0.1, 0.15) is 20.7 Å². The first kappa shape index (κ1) is 21.1. The molecule has 0 bridgehead atoms. The summed E-state index contributed by atoms with van der Waals surface area (Å²) in [5.74, 6) is -1.72. The first-order valence-electron chi connectivity index (χ1n) is 8.92. The molecule has 1 aliphatic rings. The Labute approximate surface area is 176 Å². The second-order valence-electron chi connectivity index (χ2n) is 6.35. The number of ether oxygens (including phenoxy) is 1. The van der Waals surface area contributed by atoms with Crippen molar-refractivity contribution in [2.75, 3.05) is 36.5 Å². The number of amides is 1. The Bertz CT molecular complexity index is 1010. The monoisotopic (exact) mass is 430 g/mol. The molecule has 3 N–H and O–H groups in total. The lowest BCUT2D eigenvalue weighted by molar-refractivity contribution is -0.384. The number of rotatable bonds is 5. The average molecular weight is 430 g/mol. The maximum atomic E-state index is 12.5. The van der Waals surface area contributed by atoms with Crippen molar-refractivity contribution in [2.45, 2.75) is 0 Å². The van der Waals surface area contributed by atoms with E-state index in [-0.39, 0.29) is 21.9 Å². The Balaban J connectivity index is 1.72. The molecule has 3 rings (SSSR count). The predicted molar refractivity (Wildman–Crippen MR) is 113 cm³/mol.